The van der Waals surface area contributed by atoms with Crippen molar-refractivity contribution in [2.75, 3.05) is 14.2 Å². The fourth-order valence-electron chi connectivity index (χ4n) is 1.92. The van der Waals surface area contributed by atoms with E-state index in [1.165, 1.54) is 0 Å². The molecule has 0 spiro atoms. The number of aromatic nitrogens is 3. The first-order valence-corrected chi connectivity index (χ1v) is 6.91. The third-order valence-electron chi connectivity index (χ3n) is 2.93. The van der Waals surface area contributed by atoms with Gasteiger partial charge >= 0.3 is 0 Å². The van der Waals surface area contributed by atoms with Crippen LogP contribution in [0.25, 0.3) is 23.0 Å². The number of aromatic amines is 1. The fourth-order valence-corrected chi connectivity index (χ4v) is 2.22. The van der Waals surface area contributed by atoms with Gasteiger partial charge in [0.2, 0.25) is 0 Å². The number of hydrogen-bond donors (Lipinski definition) is 1. The van der Waals surface area contributed by atoms with Crippen molar-refractivity contribution in [3.05, 3.63) is 35.0 Å². The van der Waals surface area contributed by atoms with Crippen LogP contribution in [0.2, 0.25) is 0 Å². The highest BCUT2D eigenvalue weighted by Crippen LogP contribution is 2.31. The molecule has 2 aromatic heterocycles. The third kappa shape index (κ3) is 2.64. The number of hydrogen-bond acceptors (Lipinski definition) is 5. The highest BCUT2D eigenvalue weighted by Gasteiger charge is 2.13. The van der Waals surface area contributed by atoms with Crippen molar-refractivity contribution >= 4 is 15.9 Å². The maximum absolute atomic E-state index is 5.44. The number of rotatable bonds is 4. The number of nitrogens with zero attached hydrogens (tertiary/aromatic N) is 2. The summed E-state index contributed by atoms with van der Waals surface area (Å²) in [5, 5.41) is 7.05. The maximum atomic E-state index is 5.44. The first-order valence-electron chi connectivity index (χ1n) is 6.12. The Morgan fingerprint density at radius 3 is 2.57 bits per heavy atom. The summed E-state index contributed by atoms with van der Waals surface area (Å²) in [7, 11) is 3.18. The highest BCUT2D eigenvalue weighted by molar-refractivity contribution is 9.10. The molecular formula is C14H12BrN3O3. The number of methoxy groups -OCH3 is 2. The van der Waals surface area contributed by atoms with Crippen LogP contribution < -0.4 is 9.47 Å². The van der Waals surface area contributed by atoms with E-state index in [1.54, 1.807) is 20.3 Å². The minimum atomic E-state index is 0.554. The van der Waals surface area contributed by atoms with Gasteiger partial charge < -0.3 is 13.9 Å². The van der Waals surface area contributed by atoms with Crippen LogP contribution in [0.15, 0.2) is 39.4 Å². The zero-order chi connectivity index (χ0) is 14.8. The van der Waals surface area contributed by atoms with Crippen molar-refractivity contribution in [2.24, 2.45) is 0 Å². The van der Waals surface area contributed by atoms with Gasteiger partial charge in [-0.1, -0.05) is 0 Å². The number of H-pyrrole nitrogens is 1. The summed E-state index contributed by atoms with van der Waals surface area (Å²) in [5.74, 6) is 3.01. The Balaban J connectivity index is 1.96. The summed E-state index contributed by atoms with van der Waals surface area (Å²) in [6, 6.07) is 9.11. The van der Waals surface area contributed by atoms with Gasteiger partial charge in [0.05, 0.1) is 14.2 Å². The molecule has 1 N–H and O–H groups in total. The lowest BCUT2D eigenvalue weighted by molar-refractivity contribution is 0.355. The fraction of sp³-hybridized carbons (Fsp3) is 0.143. The van der Waals surface area contributed by atoms with E-state index in [0.29, 0.717) is 33.6 Å². The quantitative estimate of drug-likeness (QED) is 0.780. The Kier molecular flexibility index (Phi) is 3.66. The summed E-state index contributed by atoms with van der Waals surface area (Å²) in [6.45, 7) is 0. The third-order valence-corrected chi connectivity index (χ3v) is 3.36. The molecule has 0 aliphatic heterocycles. The van der Waals surface area contributed by atoms with E-state index in [9.17, 15) is 0 Å². The maximum Gasteiger partial charge on any atom is 0.192 e. The van der Waals surface area contributed by atoms with E-state index in [-0.39, 0.29) is 0 Å². The predicted molar refractivity (Wildman–Crippen MR) is 80.3 cm³/mol. The van der Waals surface area contributed by atoms with Crippen molar-refractivity contribution in [3.8, 4) is 34.5 Å². The molecule has 7 heteroatoms. The minimum Gasteiger partial charge on any atom is -0.493 e. The van der Waals surface area contributed by atoms with Gasteiger partial charge in [-0.2, -0.15) is 5.10 Å². The van der Waals surface area contributed by atoms with E-state index in [1.807, 2.05) is 24.3 Å². The van der Waals surface area contributed by atoms with Crippen LogP contribution >= 0.6 is 15.9 Å². The molecule has 0 saturated carbocycles. The molecular weight excluding hydrogens is 338 g/mol. The monoisotopic (exact) mass is 349 g/mol. The average Bonchev–Trinajstić information content (AvgIpc) is 3.15. The predicted octanol–water partition coefficient (Wildman–Crippen LogP) is 3.51. The molecule has 21 heavy (non-hydrogen) atoms. The van der Waals surface area contributed by atoms with Gasteiger partial charge in [0.1, 0.15) is 0 Å². The number of nitrogens with one attached hydrogen (secondary N) is 1. The molecule has 0 unspecified atom stereocenters. The Hall–Kier alpha value is -2.28. The lowest BCUT2D eigenvalue weighted by Crippen LogP contribution is -1.91. The molecule has 6 nitrogen and oxygen atoms in total. The summed E-state index contributed by atoms with van der Waals surface area (Å²) < 4.78 is 16.6. The molecule has 0 radical (unpaired) electrons. The molecule has 0 saturated heterocycles. The largest absolute Gasteiger partial charge is 0.493 e. The van der Waals surface area contributed by atoms with Gasteiger partial charge in [0.25, 0.3) is 0 Å². The van der Waals surface area contributed by atoms with Crippen LogP contribution in [0, 0.1) is 0 Å². The summed E-state index contributed by atoms with van der Waals surface area (Å²) in [4.78, 5) is 4.42. The van der Waals surface area contributed by atoms with Crippen LogP contribution in [0.4, 0.5) is 0 Å². The van der Waals surface area contributed by atoms with Crippen molar-refractivity contribution in [1.82, 2.24) is 15.2 Å². The summed E-state index contributed by atoms with van der Waals surface area (Å²) in [6.07, 6.45) is 0. The van der Waals surface area contributed by atoms with Gasteiger partial charge in [-0.15, -0.1) is 0 Å². The first kappa shape index (κ1) is 13.7. The van der Waals surface area contributed by atoms with Crippen molar-refractivity contribution < 1.29 is 13.9 Å². The van der Waals surface area contributed by atoms with Crippen molar-refractivity contribution in [2.45, 2.75) is 0 Å². The Morgan fingerprint density at radius 1 is 1.10 bits per heavy atom. The van der Waals surface area contributed by atoms with Crippen LogP contribution in [0.5, 0.6) is 11.5 Å². The molecule has 0 fully saturated rings. The lowest BCUT2D eigenvalue weighted by atomic mass is 10.2. The van der Waals surface area contributed by atoms with E-state index in [0.717, 1.165) is 5.56 Å². The second kappa shape index (κ2) is 5.61. The average molecular weight is 350 g/mol. The standard InChI is InChI=1S/C14H12BrN3O3/c1-19-9-4-3-8(7-11(9)20-2)13-16-14(18-17-13)10-5-6-12(15)21-10/h3-7H,1-2H3,(H,16,17,18). The van der Waals surface area contributed by atoms with E-state index in [4.69, 9.17) is 13.9 Å². The molecule has 1 aromatic carbocycles. The minimum absolute atomic E-state index is 0.554. The first-order chi connectivity index (χ1) is 10.2. The van der Waals surface area contributed by atoms with Crippen molar-refractivity contribution in [1.29, 1.82) is 0 Å². The molecule has 0 aliphatic rings. The molecule has 3 rings (SSSR count). The Morgan fingerprint density at radius 2 is 1.90 bits per heavy atom. The second-order valence-corrected chi connectivity index (χ2v) is 4.96. The number of furan rings is 1. The highest BCUT2D eigenvalue weighted by atomic mass is 79.9. The molecule has 0 aliphatic carbocycles. The van der Waals surface area contributed by atoms with Crippen LogP contribution in [0.1, 0.15) is 0 Å². The van der Waals surface area contributed by atoms with Crippen LogP contribution in [0.3, 0.4) is 0 Å². The smallest absolute Gasteiger partial charge is 0.192 e. The number of halogens is 1. The molecule has 3 aromatic rings. The topological polar surface area (TPSA) is 73.2 Å². The molecule has 0 atom stereocenters. The Bertz CT molecular complexity index is 766. The van der Waals surface area contributed by atoms with Gasteiger partial charge in [-0.25, -0.2) is 4.98 Å². The summed E-state index contributed by atoms with van der Waals surface area (Å²) >= 11 is 3.26. The Labute approximate surface area is 129 Å². The number of benzene rings is 1. The van der Waals surface area contributed by atoms with Crippen LogP contribution in [-0.4, -0.2) is 29.4 Å². The van der Waals surface area contributed by atoms with E-state index >= 15 is 0 Å². The van der Waals surface area contributed by atoms with Gasteiger partial charge in [-0.05, 0) is 46.3 Å². The van der Waals surface area contributed by atoms with Gasteiger partial charge in [0.15, 0.2) is 33.6 Å². The molecule has 108 valence electrons. The second-order valence-electron chi connectivity index (χ2n) is 4.18. The SMILES string of the molecule is COc1ccc(-c2n[nH]c(-c3ccc(Br)o3)n2)cc1OC. The van der Waals surface area contributed by atoms with E-state index in [2.05, 4.69) is 31.1 Å². The van der Waals surface area contributed by atoms with Gasteiger partial charge in [0, 0.05) is 5.56 Å². The number of ether oxygens (including phenoxy) is 2. The molecule has 0 bridgehead atoms. The summed E-state index contributed by atoms with van der Waals surface area (Å²) in [5.41, 5.74) is 0.820. The zero-order valence-corrected chi connectivity index (χ0v) is 13.0. The van der Waals surface area contributed by atoms with E-state index < -0.39 is 0 Å². The van der Waals surface area contributed by atoms with Crippen LogP contribution in [-0.2, 0) is 0 Å². The lowest BCUT2D eigenvalue weighted by Gasteiger charge is -2.07. The van der Waals surface area contributed by atoms with Crippen molar-refractivity contribution in [3.63, 3.8) is 0 Å². The molecule has 0 amide bonds. The molecule has 2 heterocycles. The zero-order valence-electron chi connectivity index (χ0n) is 11.4. The normalized spacial score (nSPS) is 10.6. The van der Waals surface area contributed by atoms with Gasteiger partial charge in [-0.3, -0.25) is 5.10 Å².